The Morgan fingerprint density at radius 2 is 2.17 bits per heavy atom. The SMILES string of the molecule is CC1(c2nc(CCn3ccc4ccccc43)no2)CCC(=O)C1. The number of benzene rings is 1. The first-order valence-corrected chi connectivity index (χ1v) is 8.03. The third-order valence-electron chi connectivity index (χ3n) is 4.78. The number of fused-ring (bicyclic) bond motifs is 1. The minimum absolute atomic E-state index is 0.275. The van der Waals surface area contributed by atoms with Gasteiger partial charge in [-0.3, -0.25) is 4.79 Å². The molecule has 5 heteroatoms. The number of carbonyl (C=O) groups excluding carboxylic acids is 1. The maximum Gasteiger partial charge on any atom is 0.233 e. The summed E-state index contributed by atoms with van der Waals surface area (Å²) in [5.41, 5.74) is 0.937. The van der Waals surface area contributed by atoms with Gasteiger partial charge in [-0.15, -0.1) is 0 Å². The smallest absolute Gasteiger partial charge is 0.233 e. The molecular formula is C18H19N3O2. The van der Waals surface area contributed by atoms with Crippen molar-refractivity contribution < 1.29 is 9.32 Å². The lowest BCUT2D eigenvalue weighted by Gasteiger charge is -2.15. The molecule has 5 nitrogen and oxygen atoms in total. The highest BCUT2D eigenvalue weighted by Crippen LogP contribution is 2.37. The second-order valence-electron chi connectivity index (χ2n) is 6.61. The Morgan fingerprint density at radius 3 is 3.00 bits per heavy atom. The predicted octanol–water partition coefficient (Wildman–Crippen LogP) is 3.28. The summed E-state index contributed by atoms with van der Waals surface area (Å²) >= 11 is 0. The number of hydrogen-bond donors (Lipinski definition) is 0. The first kappa shape index (κ1) is 14.2. The molecule has 1 saturated carbocycles. The number of nitrogens with zero attached hydrogens (tertiary/aromatic N) is 3. The molecule has 0 N–H and O–H groups in total. The minimum Gasteiger partial charge on any atom is -0.347 e. The van der Waals surface area contributed by atoms with Crippen molar-refractivity contribution in [2.45, 2.75) is 44.6 Å². The van der Waals surface area contributed by atoms with Crippen molar-refractivity contribution in [1.82, 2.24) is 14.7 Å². The van der Waals surface area contributed by atoms with E-state index in [0.29, 0.717) is 31.0 Å². The number of rotatable bonds is 4. The summed E-state index contributed by atoms with van der Waals surface area (Å²) in [7, 11) is 0. The summed E-state index contributed by atoms with van der Waals surface area (Å²) in [6, 6.07) is 10.4. The minimum atomic E-state index is -0.275. The van der Waals surface area contributed by atoms with Crippen LogP contribution in [0.3, 0.4) is 0 Å². The van der Waals surface area contributed by atoms with Crippen LogP contribution in [0.25, 0.3) is 10.9 Å². The zero-order valence-electron chi connectivity index (χ0n) is 13.2. The third-order valence-corrected chi connectivity index (χ3v) is 4.78. The lowest BCUT2D eigenvalue weighted by molar-refractivity contribution is -0.117. The van der Waals surface area contributed by atoms with E-state index in [0.717, 1.165) is 13.0 Å². The second kappa shape index (κ2) is 5.33. The number of carbonyl (C=O) groups is 1. The molecule has 0 saturated heterocycles. The van der Waals surface area contributed by atoms with Crippen LogP contribution in [0.5, 0.6) is 0 Å². The summed E-state index contributed by atoms with van der Waals surface area (Å²) < 4.78 is 7.64. The van der Waals surface area contributed by atoms with Gasteiger partial charge in [-0.1, -0.05) is 30.3 Å². The van der Waals surface area contributed by atoms with E-state index in [1.807, 2.05) is 19.1 Å². The zero-order valence-corrected chi connectivity index (χ0v) is 13.2. The van der Waals surface area contributed by atoms with Gasteiger partial charge in [-0.2, -0.15) is 4.98 Å². The first-order chi connectivity index (χ1) is 11.1. The lowest BCUT2D eigenvalue weighted by atomic mass is 9.89. The van der Waals surface area contributed by atoms with E-state index >= 15 is 0 Å². The standard InChI is InChI=1S/C18H19N3O2/c1-18(9-6-14(22)12-18)17-19-16(20-23-17)8-11-21-10-7-13-4-2-3-5-15(13)21/h2-5,7,10H,6,8-9,11-12H2,1H3. The van der Waals surface area contributed by atoms with Crippen LogP contribution in [0.2, 0.25) is 0 Å². The van der Waals surface area contributed by atoms with Crippen LogP contribution in [0.4, 0.5) is 0 Å². The van der Waals surface area contributed by atoms with E-state index in [1.165, 1.54) is 10.9 Å². The average Bonchev–Trinajstić information content (AvgIpc) is 3.25. The molecule has 0 bridgehead atoms. The van der Waals surface area contributed by atoms with Gasteiger partial charge in [0, 0.05) is 37.5 Å². The van der Waals surface area contributed by atoms with Crippen molar-refractivity contribution in [3.8, 4) is 0 Å². The number of ketones is 1. The van der Waals surface area contributed by atoms with Gasteiger partial charge in [-0.25, -0.2) is 0 Å². The van der Waals surface area contributed by atoms with Gasteiger partial charge in [0.2, 0.25) is 5.89 Å². The molecule has 2 aromatic heterocycles. The molecular weight excluding hydrogens is 290 g/mol. The van der Waals surface area contributed by atoms with Gasteiger partial charge in [0.25, 0.3) is 0 Å². The maximum atomic E-state index is 11.6. The molecule has 0 spiro atoms. The molecule has 0 amide bonds. The van der Waals surface area contributed by atoms with E-state index in [4.69, 9.17) is 4.52 Å². The van der Waals surface area contributed by atoms with Gasteiger partial charge in [0.1, 0.15) is 5.78 Å². The molecule has 1 atom stereocenters. The van der Waals surface area contributed by atoms with Crippen molar-refractivity contribution in [3.63, 3.8) is 0 Å². The molecule has 1 aliphatic rings. The number of Topliss-reactive ketones (excluding diaryl/α,β-unsaturated/α-hetero) is 1. The summed E-state index contributed by atoms with van der Waals surface area (Å²) in [5.74, 6) is 1.60. The highest BCUT2D eigenvalue weighted by atomic mass is 16.5. The van der Waals surface area contributed by atoms with Crippen LogP contribution in [-0.2, 0) is 23.2 Å². The monoisotopic (exact) mass is 309 g/mol. The molecule has 1 fully saturated rings. The van der Waals surface area contributed by atoms with E-state index in [1.54, 1.807) is 0 Å². The number of aryl methyl sites for hydroxylation is 2. The Bertz CT molecular complexity index is 864. The van der Waals surface area contributed by atoms with E-state index in [2.05, 4.69) is 39.1 Å². The van der Waals surface area contributed by atoms with Gasteiger partial charge < -0.3 is 9.09 Å². The molecule has 3 aromatic rings. The van der Waals surface area contributed by atoms with Gasteiger partial charge in [0.05, 0.1) is 5.41 Å². The molecule has 118 valence electrons. The summed E-state index contributed by atoms with van der Waals surface area (Å²) in [5, 5.41) is 5.33. The molecule has 23 heavy (non-hydrogen) atoms. The van der Waals surface area contributed by atoms with Crippen LogP contribution in [0.1, 0.15) is 37.9 Å². The Labute approximate surface area is 134 Å². The van der Waals surface area contributed by atoms with Crippen LogP contribution in [0.15, 0.2) is 41.1 Å². The average molecular weight is 309 g/mol. The number of aromatic nitrogens is 3. The molecule has 0 radical (unpaired) electrons. The van der Waals surface area contributed by atoms with E-state index in [9.17, 15) is 4.79 Å². The molecule has 1 aliphatic carbocycles. The van der Waals surface area contributed by atoms with Gasteiger partial charge >= 0.3 is 0 Å². The van der Waals surface area contributed by atoms with Crippen molar-refractivity contribution in [1.29, 1.82) is 0 Å². The van der Waals surface area contributed by atoms with Crippen molar-refractivity contribution in [2.24, 2.45) is 0 Å². The van der Waals surface area contributed by atoms with Gasteiger partial charge in [-0.05, 0) is 23.9 Å². The number of para-hydroxylation sites is 1. The Kier molecular flexibility index (Phi) is 3.29. The Balaban J connectivity index is 1.49. The summed E-state index contributed by atoms with van der Waals surface area (Å²) in [4.78, 5) is 16.1. The fourth-order valence-electron chi connectivity index (χ4n) is 3.37. The number of hydrogen-bond acceptors (Lipinski definition) is 4. The topological polar surface area (TPSA) is 60.9 Å². The van der Waals surface area contributed by atoms with Crippen LogP contribution in [-0.4, -0.2) is 20.5 Å². The van der Waals surface area contributed by atoms with Crippen molar-refractivity contribution in [2.75, 3.05) is 0 Å². The molecule has 2 heterocycles. The van der Waals surface area contributed by atoms with Crippen LogP contribution in [0, 0.1) is 0 Å². The highest BCUT2D eigenvalue weighted by molar-refractivity contribution is 5.82. The fraction of sp³-hybridized carbons (Fsp3) is 0.389. The quantitative estimate of drug-likeness (QED) is 0.742. The normalized spacial score (nSPS) is 21.3. The van der Waals surface area contributed by atoms with Crippen LogP contribution >= 0.6 is 0 Å². The van der Waals surface area contributed by atoms with E-state index in [-0.39, 0.29) is 11.2 Å². The Hall–Kier alpha value is -2.43. The Morgan fingerprint density at radius 1 is 1.30 bits per heavy atom. The fourth-order valence-corrected chi connectivity index (χ4v) is 3.37. The predicted molar refractivity (Wildman–Crippen MR) is 86.2 cm³/mol. The molecule has 0 aliphatic heterocycles. The summed E-state index contributed by atoms with van der Waals surface area (Å²) in [6.07, 6.45) is 4.73. The van der Waals surface area contributed by atoms with Crippen molar-refractivity contribution in [3.05, 3.63) is 48.2 Å². The zero-order chi connectivity index (χ0) is 15.9. The van der Waals surface area contributed by atoms with Gasteiger partial charge in [0.15, 0.2) is 5.82 Å². The largest absolute Gasteiger partial charge is 0.347 e. The first-order valence-electron chi connectivity index (χ1n) is 8.03. The van der Waals surface area contributed by atoms with E-state index < -0.39 is 0 Å². The second-order valence-corrected chi connectivity index (χ2v) is 6.61. The molecule has 1 unspecified atom stereocenters. The summed E-state index contributed by atoms with van der Waals surface area (Å²) in [6.45, 7) is 2.84. The molecule has 4 rings (SSSR count). The lowest BCUT2D eigenvalue weighted by Crippen LogP contribution is -2.18. The van der Waals surface area contributed by atoms with Crippen LogP contribution < -0.4 is 0 Å². The third kappa shape index (κ3) is 2.56. The highest BCUT2D eigenvalue weighted by Gasteiger charge is 2.40. The van der Waals surface area contributed by atoms with Crippen molar-refractivity contribution >= 4 is 16.7 Å². The maximum absolute atomic E-state index is 11.6. The molecule has 1 aromatic carbocycles.